The third-order valence-corrected chi connectivity index (χ3v) is 3.81. The molecular weight excluding hydrogens is 390 g/mol. The van der Waals surface area contributed by atoms with E-state index in [2.05, 4.69) is 10.3 Å². The SMILES string of the molecule is CC(C)(C)OC(=O)Cc1nc(CC(NC(=O)OC(C)(C)C)C(=O)O)c2ccccn12. The molecule has 0 aliphatic rings. The number of nitrogens with zero attached hydrogens (tertiary/aromatic N) is 2. The number of ether oxygens (including phenoxy) is 2. The van der Waals surface area contributed by atoms with Crippen LogP contribution in [0.1, 0.15) is 53.1 Å². The zero-order valence-electron chi connectivity index (χ0n) is 18.2. The van der Waals surface area contributed by atoms with Crippen LogP contribution in [0.4, 0.5) is 4.79 Å². The number of fused-ring (bicyclic) bond motifs is 1. The fraction of sp³-hybridized carbons (Fsp3) is 0.524. The van der Waals surface area contributed by atoms with Gasteiger partial charge in [0.25, 0.3) is 0 Å². The summed E-state index contributed by atoms with van der Waals surface area (Å²) in [6.45, 7) is 10.4. The number of carbonyl (C=O) groups is 3. The number of pyridine rings is 1. The van der Waals surface area contributed by atoms with Gasteiger partial charge in [-0.2, -0.15) is 0 Å². The highest BCUT2D eigenvalue weighted by Crippen LogP contribution is 2.17. The van der Waals surface area contributed by atoms with Crippen molar-refractivity contribution in [2.24, 2.45) is 0 Å². The van der Waals surface area contributed by atoms with Crippen LogP contribution < -0.4 is 5.32 Å². The molecule has 0 aliphatic heterocycles. The minimum Gasteiger partial charge on any atom is -0.480 e. The second-order valence-electron chi connectivity index (χ2n) is 8.94. The maximum absolute atomic E-state index is 12.2. The fourth-order valence-electron chi connectivity index (χ4n) is 2.80. The highest BCUT2D eigenvalue weighted by Gasteiger charge is 2.27. The van der Waals surface area contributed by atoms with Crippen molar-refractivity contribution in [2.75, 3.05) is 0 Å². The van der Waals surface area contributed by atoms with Gasteiger partial charge in [-0.3, -0.25) is 4.79 Å². The van der Waals surface area contributed by atoms with Crippen LogP contribution in [0, 0.1) is 0 Å². The monoisotopic (exact) mass is 419 g/mol. The minimum absolute atomic E-state index is 0.0698. The van der Waals surface area contributed by atoms with Crippen molar-refractivity contribution >= 4 is 23.5 Å². The molecule has 0 saturated carbocycles. The van der Waals surface area contributed by atoms with Crippen molar-refractivity contribution in [1.29, 1.82) is 0 Å². The second kappa shape index (κ2) is 8.73. The summed E-state index contributed by atoms with van der Waals surface area (Å²) in [5.41, 5.74) is -0.293. The predicted molar refractivity (Wildman–Crippen MR) is 109 cm³/mol. The first kappa shape index (κ1) is 23.2. The van der Waals surface area contributed by atoms with Crippen LogP contribution in [0.25, 0.3) is 5.52 Å². The van der Waals surface area contributed by atoms with Gasteiger partial charge in [0, 0.05) is 12.6 Å². The lowest BCUT2D eigenvalue weighted by Gasteiger charge is -2.21. The van der Waals surface area contributed by atoms with Gasteiger partial charge in [0.2, 0.25) is 0 Å². The van der Waals surface area contributed by atoms with E-state index in [1.165, 1.54) is 0 Å². The molecule has 164 valence electrons. The van der Waals surface area contributed by atoms with Crippen LogP contribution in [0.15, 0.2) is 24.4 Å². The number of aliphatic carboxylic acids is 1. The maximum Gasteiger partial charge on any atom is 0.408 e. The lowest BCUT2D eigenvalue weighted by molar-refractivity contribution is -0.154. The number of imidazole rings is 1. The number of aromatic nitrogens is 2. The molecule has 0 saturated heterocycles. The van der Waals surface area contributed by atoms with Gasteiger partial charge < -0.3 is 24.3 Å². The van der Waals surface area contributed by atoms with Crippen LogP contribution in [-0.4, -0.2) is 49.8 Å². The van der Waals surface area contributed by atoms with E-state index in [-0.39, 0.29) is 12.8 Å². The topological polar surface area (TPSA) is 119 Å². The van der Waals surface area contributed by atoms with Gasteiger partial charge in [0.15, 0.2) is 0 Å². The Bertz CT molecular complexity index is 936. The number of carbonyl (C=O) groups excluding carboxylic acids is 2. The smallest absolute Gasteiger partial charge is 0.408 e. The Labute approximate surface area is 175 Å². The summed E-state index contributed by atoms with van der Waals surface area (Å²) in [5, 5.41) is 11.9. The third-order valence-electron chi connectivity index (χ3n) is 3.81. The Kier molecular flexibility index (Phi) is 6.74. The summed E-state index contributed by atoms with van der Waals surface area (Å²) >= 11 is 0. The van der Waals surface area contributed by atoms with Crippen LogP contribution in [0.2, 0.25) is 0 Å². The quantitative estimate of drug-likeness (QED) is 0.691. The normalized spacial score (nSPS) is 13.0. The van der Waals surface area contributed by atoms with E-state index >= 15 is 0 Å². The number of nitrogens with one attached hydrogen (secondary N) is 1. The van der Waals surface area contributed by atoms with Crippen molar-refractivity contribution in [2.45, 2.75) is 71.6 Å². The standard InChI is InChI=1S/C21H29N3O6/c1-20(2,3)29-17(25)12-16-22-13(15-9-7-8-10-24(15)16)11-14(18(26)27)23-19(28)30-21(4,5)6/h7-10,14H,11-12H2,1-6H3,(H,23,28)(H,26,27). The highest BCUT2D eigenvalue weighted by atomic mass is 16.6. The van der Waals surface area contributed by atoms with E-state index in [4.69, 9.17) is 9.47 Å². The summed E-state index contributed by atoms with van der Waals surface area (Å²) in [4.78, 5) is 40.4. The second-order valence-corrected chi connectivity index (χ2v) is 8.94. The Morgan fingerprint density at radius 3 is 2.30 bits per heavy atom. The lowest BCUT2D eigenvalue weighted by atomic mass is 10.1. The fourth-order valence-corrected chi connectivity index (χ4v) is 2.80. The molecule has 0 spiro atoms. The molecule has 0 bridgehead atoms. The molecule has 9 heteroatoms. The summed E-state index contributed by atoms with van der Waals surface area (Å²) in [7, 11) is 0. The molecule has 1 atom stereocenters. The third kappa shape index (κ3) is 6.75. The van der Waals surface area contributed by atoms with Gasteiger partial charge in [0.05, 0.1) is 11.2 Å². The Morgan fingerprint density at radius 1 is 1.10 bits per heavy atom. The largest absolute Gasteiger partial charge is 0.480 e. The minimum atomic E-state index is -1.24. The van der Waals surface area contributed by atoms with Gasteiger partial charge in [-0.05, 0) is 53.7 Å². The molecular formula is C21H29N3O6. The molecule has 2 N–H and O–H groups in total. The molecule has 2 heterocycles. The summed E-state index contributed by atoms with van der Waals surface area (Å²) in [5.74, 6) is -1.23. The average molecular weight is 419 g/mol. The van der Waals surface area contributed by atoms with Crippen LogP contribution in [0.3, 0.4) is 0 Å². The maximum atomic E-state index is 12.2. The molecule has 0 aliphatic carbocycles. The van der Waals surface area contributed by atoms with Crippen molar-refractivity contribution < 1.29 is 29.0 Å². The molecule has 1 amide bonds. The molecule has 2 aromatic rings. The van der Waals surface area contributed by atoms with Gasteiger partial charge in [-0.15, -0.1) is 0 Å². The first-order chi connectivity index (χ1) is 13.7. The van der Waals surface area contributed by atoms with E-state index in [1.807, 2.05) is 0 Å². The first-order valence-corrected chi connectivity index (χ1v) is 9.64. The van der Waals surface area contributed by atoms with E-state index in [1.54, 1.807) is 70.3 Å². The van der Waals surface area contributed by atoms with Crippen molar-refractivity contribution in [1.82, 2.24) is 14.7 Å². The van der Waals surface area contributed by atoms with E-state index in [0.29, 0.717) is 17.0 Å². The number of carboxylic acids is 1. The van der Waals surface area contributed by atoms with Crippen molar-refractivity contribution in [3.05, 3.63) is 35.9 Å². The molecule has 0 fully saturated rings. The summed E-state index contributed by atoms with van der Waals surface area (Å²) < 4.78 is 12.2. The number of hydrogen-bond acceptors (Lipinski definition) is 6. The Balaban J connectivity index is 2.26. The van der Waals surface area contributed by atoms with Crippen LogP contribution >= 0.6 is 0 Å². The van der Waals surface area contributed by atoms with E-state index in [0.717, 1.165) is 0 Å². The number of alkyl carbamates (subject to hydrolysis) is 1. The molecule has 0 radical (unpaired) electrons. The van der Waals surface area contributed by atoms with E-state index < -0.39 is 35.3 Å². The van der Waals surface area contributed by atoms with Gasteiger partial charge in [-0.1, -0.05) is 6.07 Å². The predicted octanol–water partition coefficient (Wildman–Crippen LogP) is 2.74. The van der Waals surface area contributed by atoms with Gasteiger partial charge in [0.1, 0.15) is 29.5 Å². The summed E-state index contributed by atoms with van der Waals surface area (Å²) in [6, 6.07) is 4.10. The average Bonchev–Trinajstić information content (AvgIpc) is 2.88. The van der Waals surface area contributed by atoms with Crippen molar-refractivity contribution in [3.63, 3.8) is 0 Å². The Morgan fingerprint density at radius 2 is 1.73 bits per heavy atom. The molecule has 2 rings (SSSR count). The van der Waals surface area contributed by atoms with Crippen molar-refractivity contribution in [3.8, 4) is 0 Å². The Hall–Kier alpha value is -3.10. The first-order valence-electron chi connectivity index (χ1n) is 9.64. The van der Waals surface area contributed by atoms with Gasteiger partial charge >= 0.3 is 18.0 Å². The lowest BCUT2D eigenvalue weighted by Crippen LogP contribution is -2.44. The number of esters is 1. The zero-order valence-corrected chi connectivity index (χ0v) is 18.2. The number of hydrogen-bond donors (Lipinski definition) is 2. The number of amides is 1. The number of carboxylic acid groups (broad SMARTS) is 1. The molecule has 1 unspecified atom stereocenters. The zero-order chi connectivity index (χ0) is 22.7. The molecule has 0 aromatic carbocycles. The molecule has 9 nitrogen and oxygen atoms in total. The van der Waals surface area contributed by atoms with Crippen LogP contribution in [-0.2, 0) is 31.9 Å². The number of rotatable bonds is 6. The van der Waals surface area contributed by atoms with E-state index in [9.17, 15) is 19.5 Å². The summed E-state index contributed by atoms with van der Waals surface area (Å²) in [6.07, 6.45) is 0.769. The molecule has 2 aromatic heterocycles. The molecule has 30 heavy (non-hydrogen) atoms. The van der Waals surface area contributed by atoms with Crippen LogP contribution in [0.5, 0.6) is 0 Å². The highest BCUT2D eigenvalue weighted by molar-refractivity contribution is 5.80. The van der Waals surface area contributed by atoms with Gasteiger partial charge in [-0.25, -0.2) is 14.6 Å².